The van der Waals surface area contributed by atoms with Gasteiger partial charge < -0.3 is 19.9 Å². The maximum atomic E-state index is 13.4. The van der Waals surface area contributed by atoms with Crippen LogP contribution in [0.25, 0.3) is 0 Å². The Bertz CT molecular complexity index is 1200. The molecule has 2 unspecified atom stereocenters. The van der Waals surface area contributed by atoms with Crippen LogP contribution in [0.4, 0.5) is 0 Å². The molecule has 9 nitrogen and oxygen atoms in total. The third-order valence-corrected chi connectivity index (χ3v) is 7.61. The van der Waals surface area contributed by atoms with Crippen LogP contribution in [0.15, 0.2) is 46.0 Å². The highest BCUT2D eigenvalue weighted by atomic mass is 35.5. The first-order valence-corrected chi connectivity index (χ1v) is 13.6. The van der Waals surface area contributed by atoms with Crippen molar-refractivity contribution >= 4 is 52.3 Å². The molecule has 2 aromatic rings. The monoisotopic (exact) mass is 566 g/mol. The number of hydrogen-bond acceptors (Lipinski definition) is 9. The lowest BCUT2D eigenvalue weighted by atomic mass is 9.94. The van der Waals surface area contributed by atoms with E-state index in [0.717, 1.165) is 0 Å². The Morgan fingerprint density at radius 3 is 2.86 bits per heavy atom. The largest absolute Gasteiger partial charge is 0.481 e. The summed E-state index contributed by atoms with van der Waals surface area (Å²) in [6.45, 7) is 5.43. The molecule has 0 bridgehead atoms. The summed E-state index contributed by atoms with van der Waals surface area (Å²) in [7, 11) is 0. The van der Waals surface area contributed by atoms with Gasteiger partial charge in [-0.05, 0) is 25.5 Å². The van der Waals surface area contributed by atoms with Gasteiger partial charge in [-0.2, -0.15) is 0 Å². The van der Waals surface area contributed by atoms with Crippen LogP contribution in [0.1, 0.15) is 36.9 Å². The molecule has 12 heteroatoms. The number of ether oxygens (including phenoxy) is 2. The predicted molar refractivity (Wildman–Crippen MR) is 142 cm³/mol. The number of aliphatic imine (C=N–C) groups is 1. The summed E-state index contributed by atoms with van der Waals surface area (Å²) < 4.78 is 11.1. The first kappa shape index (κ1) is 27.5. The number of halogens is 2. The fourth-order valence-electron chi connectivity index (χ4n) is 4.39. The smallest absolute Gasteiger partial charge is 0.338 e. The van der Waals surface area contributed by atoms with Crippen LogP contribution >= 0.6 is 34.5 Å². The maximum Gasteiger partial charge on any atom is 0.338 e. The molecular weight excluding hydrogens is 539 g/mol. The number of aliphatic carboxylic acids is 1. The molecule has 0 spiro atoms. The summed E-state index contributed by atoms with van der Waals surface area (Å²) in [5, 5.41) is 16.1. The highest BCUT2D eigenvalue weighted by molar-refractivity contribution is 7.11. The number of benzene rings is 1. The molecule has 0 radical (unpaired) electrons. The number of hydrogen-bond donors (Lipinski definition) is 2. The molecule has 198 valence electrons. The molecule has 3 atom stereocenters. The molecule has 1 fully saturated rings. The Labute approximate surface area is 229 Å². The number of aromatic nitrogens is 1. The number of nitrogens with zero attached hydrogens (tertiary/aromatic N) is 3. The standard InChI is InChI=1S/C25H28Cl2N4O5S/c1-3-36-25(34)20-19(12-31-7-8-35-13-16(31)10-14(2)24(32)33)29-22(23-28-6-9-37-23)30-21(20)17-5-4-15(26)11-18(17)27/h4-6,9,11,14,16,21H,3,7-8,10,12-13H2,1-2H3,(H,29,30)(H,32,33)/t14?,16?,21-/m0/s1. The fraction of sp³-hybridized carbons (Fsp3) is 0.440. The summed E-state index contributed by atoms with van der Waals surface area (Å²) in [6.07, 6.45) is 2.10. The minimum Gasteiger partial charge on any atom is -0.481 e. The van der Waals surface area contributed by atoms with Crippen molar-refractivity contribution in [3.63, 3.8) is 0 Å². The van der Waals surface area contributed by atoms with E-state index in [0.29, 0.717) is 70.4 Å². The van der Waals surface area contributed by atoms with Gasteiger partial charge in [0, 0.05) is 52.0 Å². The van der Waals surface area contributed by atoms with Crippen LogP contribution < -0.4 is 5.32 Å². The van der Waals surface area contributed by atoms with Gasteiger partial charge in [0.1, 0.15) is 6.04 Å². The Balaban J connectivity index is 1.78. The normalized spacial score (nSPS) is 21.2. The third-order valence-electron chi connectivity index (χ3n) is 6.27. The van der Waals surface area contributed by atoms with Gasteiger partial charge in [0.15, 0.2) is 10.8 Å². The van der Waals surface area contributed by atoms with E-state index in [9.17, 15) is 14.7 Å². The maximum absolute atomic E-state index is 13.4. The van der Waals surface area contributed by atoms with Crippen LogP contribution in [0.3, 0.4) is 0 Å². The van der Waals surface area contributed by atoms with E-state index in [2.05, 4.69) is 15.2 Å². The summed E-state index contributed by atoms with van der Waals surface area (Å²) in [5.41, 5.74) is 1.55. The van der Waals surface area contributed by atoms with Gasteiger partial charge in [0.05, 0.1) is 31.3 Å². The molecule has 37 heavy (non-hydrogen) atoms. The van der Waals surface area contributed by atoms with Gasteiger partial charge in [0.2, 0.25) is 0 Å². The number of morpholine rings is 1. The van der Waals surface area contributed by atoms with Gasteiger partial charge in [-0.3, -0.25) is 14.7 Å². The number of carbonyl (C=O) groups is 2. The van der Waals surface area contributed by atoms with E-state index >= 15 is 0 Å². The Kier molecular flexibility index (Phi) is 9.20. The average Bonchev–Trinajstić information content (AvgIpc) is 3.40. The fourth-order valence-corrected chi connectivity index (χ4v) is 5.49. The number of esters is 1. The molecule has 0 aliphatic carbocycles. The molecule has 1 aromatic carbocycles. The SMILES string of the molecule is CCOC(=O)C1=C(CN2CCOCC2CC(C)C(=O)O)NC(c2nccs2)=N[C@H]1c1ccc(Cl)cc1Cl. The quantitative estimate of drug-likeness (QED) is 0.435. The van der Waals surface area contributed by atoms with Crippen molar-refractivity contribution in [2.75, 3.05) is 32.9 Å². The van der Waals surface area contributed by atoms with Crippen molar-refractivity contribution in [1.29, 1.82) is 0 Å². The number of nitrogens with one attached hydrogen (secondary N) is 1. The lowest BCUT2D eigenvalue weighted by molar-refractivity contribution is -0.142. The Hall–Kier alpha value is -2.50. The predicted octanol–water partition coefficient (Wildman–Crippen LogP) is 4.17. The van der Waals surface area contributed by atoms with Crippen molar-refractivity contribution in [2.45, 2.75) is 32.4 Å². The molecular formula is C25H28Cl2N4O5S. The lowest BCUT2D eigenvalue weighted by Gasteiger charge is -2.38. The average molecular weight is 567 g/mol. The molecule has 0 amide bonds. The van der Waals surface area contributed by atoms with Gasteiger partial charge in [-0.25, -0.2) is 9.78 Å². The molecule has 3 heterocycles. The topological polar surface area (TPSA) is 113 Å². The zero-order chi connectivity index (χ0) is 26.5. The zero-order valence-corrected chi connectivity index (χ0v) is 22.8. The second kappa shape index (κ2) is 12.4. The van der Waals surface area contributed by atoms with Crippen LogP contribution in [0.2, 0.25) is 10.0 Å². The third kappa shape index (κ3) is 6.50. The van der Waals surface area contributed by atoms with Crippen LogP contribution in [0.5, 0.6) is 0 Å². The number of carboxylic acids is 1. The summed E-state index contributed by atoms with van der Waals surface area (Å²) in [5.74, 6) is -1.40. The summed E-state index contributed by atoms with van der Waals surface area (Å²) in [4.78, 5) is 36.3. The van der Waals surface area contributed by atoms with Gasteiger partial charge >= 0.3 is 11.9 Å². The molecule has 1 saturated heterocycles. The van der Waals surface area contributed by atoms with Crippen molar-refractivity contribution in [2.24, 2.45) is 10.9 Å². The molecule has 2 N–H and O–H groups in total. The molecule has 4 rings (SSSR count). The van der Waals surface area contributed by atoms with E-state index in [-0.39, 0.29) is 12.6 Å². The first-order valence-electron chi connectivity index (χ1n) is 11.9. The highest BCUT2D eigenvalue weighted by Gasteiger charge is 2.36. The molecule has 2 aliphatic rings. The van der Waals surface area contributed by atoms with Crippen LogP contribution in [-0.4, -0.2) is 71.7 Å². The van der Waals surface area contributed by atoms with Crippen molar-refractivity contribution in [1.82, 2.24) is 15.2 Å². The number of carboxylic acid groups (broad SMARTS) is 1. The number of carbonyl (C=O) groups excluding carboxylic acids is 1. The van der Waals surface area contributed by atoms with E-state index in [1.807, 2.05) is 5.38 Å². The minimum absolute atomic E-state index is 0.141. The van der Waals surface area contributed by atoms with Crippen LogP contribution in [-0.2, 0) is 19.1 Å². The van der Waals surface area contributed by atoms with E-state index < -0.39 is 23.9 Å². The molecule has 2 aliphatic heterocycles. The number of amidine groups is 1. The van der Waals surface area contributed by atoms with E-state index in [1.54, 1.807) is 38.2 Å². The zero-order valence-electron chi connectivity index (χ0n) is 20.4. The van der Waals surface area contributed by atoms with E-state index in [4.69, 9.17) is 37.7 Å². The van der Waals surface area contributed by atoms with Gasteiger partial charge in [0.25, 0.3) is 0 Å². The molecule has 0 saturated carbocycles. The highest BCUT2D eigenvalue weighted by Crippen LogP contribution is 2.38. The van der Waals surface area contributed by atoms with Gasteiger partial charge in [-0.1, -0.05) is 36.2 Å². The van der Waals surface area contributed by atoms with Gasteiger partial charge in [-0.15, -0.1) is 11.3 Å². The van der Waals surface area contributed by atoms with Crippen molar-refractivity contribution in [3.8, 4) is 0 Å². The van der Waals surface area contributed by atoms with Crippen molar-refractivity contribution < 1.29 is 24.2 Å². The van der Waals surface area contributed by atoms with E-state index in [1.165, 1.54) is 11.3 Å². The number of thiazole rings is 1. The molecule has 1 aromatic heterocycles. The summed E-state index contributed by atoms with van der Waals surface area (Å²) >= 11 is 14.2. The Morgan fingerprint density at radius 2 is 2.19 bits per heavy atom. The second-order valence-electron chi connectivity index (χ2n) is 8.80. The summed E-state index contributed by atoms with van der Waals surface area (Å²) in [6, 6.07) is 4.19. The number of rotatable bonds is 9. The Morgan fingerprint density at radius 1 is 1.38 bits per heavy atom. The lowest BCUT2D eigenvalue weighted by Crippen LogP contribution is -2.49. The van der Waals surface area contributed by atoms with Crippen LogP contribution in [0, 0.1) is 5.92 Å². The second-order valence-corrected chi connectivity index (χ2v) is 10.5. The first-order chi connectivity index (χ1) is 17.8. The minimum atomic E-state index is -0.858. The van der Waals surface area contributed by atoms with Crippen molar-refractivity contribution in [3.05, 3.63) is 61.7 Å².